The third-order valence-electron chi connectivity index (χ3n) is 3.06. The number of carbonyl (C=O) groups is 1. The average Bonchev–Trinajstić information content (AvgIpc) is 2.50. The molecule has 6 heteroatoms. The van der Waals surface area contributed by atoms with Crippen molar-refractivity contribution in [2.75, 3.05) is 47.6 Å². The second kappa shape index (κ2) is 9.20. The molecule has 1 amide bonds. The summed E-state index contributed by atoms with van der Waals surface area (Å²) in [4.78, 5) is 14.2. The number of hydrogen-bond donors (Lipinski definition) is 1. The molecular formula is C15H23NO5. The minimum atomic E-state index is -0.250. The van der Waals surface area contributed by atoms with Gasteiger partial charge in [0.15, 0.2) is 0 Å². The highest BCUT2D eigenvalue weighted by molar-refractivity contribution is 5.97. The first-order chi connectivity index (χ1) is 10.1. The molecule has 0 aliphatic carbocycles. The van der Waals surface area contributed by atoms with Crippen LogP contribution in [-0.4, -0.2) is 63.5 Å². The molecule has 0 bridgehead atoms. The summed E-state index contributed by atoms with van der Waals surface area (Å²) >= 11 is 0. The monoisotopic (exact) mass is 297 g/mol. The van der Waals surface area contributed by atoms with E-state index >= 15 is 0 Å². The number of hydrogen-bond acceptors (Lipinski definition) is 5. The third-order valence-corrected chi connectivity index (χ3v) is 3.06. The van der Waals surface area contributed by atoms with Crippen molar-refractivity contribution in [3.05, 3.63) is 23.8 Å². The van der Waals surface area contributed by atoms with E-state index < -0.39 is 0 Å². The Bertz CT molecular complexity index is 450. The molecule has 1 N–H and O–H groups in total. The van der Waals surface area contributed by atoms with Gasteiger partial charge in [-0.15, -0.1) is 0 Å². The van der Waals surface area contributed by atoms with E-state index in [1.165, 1.54) is 19.2 Å². The Morgan fingerprint density at radius 1 is 1.14 bits per heavy atom. The lowest BCUT2D eigenvalue weighted by molar-refractivity contribution is 0.0671. The molecule has 21 heavy (non-hydrogen) atoms. The van der Waals surface area contributed by atoms with Crippen molar-refractivity contribution in [1.29, 1.82) is 0 Å². The molecule has 0 atom stereocenters. The molecule has 1 aromatic carbocycles. The zero-order valence-electron chi connectivity index (χ0n) is 12.8. The first-order valence-electron chi connectivity index (χ1n) is 6.78. The van der Waals surface area contributed by atoms with Crippen LogP contribution in [0.25, 0.3) is 0 Å². The largest absolute Gasteiger partial charge is 0.507 e. The minimum absolute atomic E-state index is 0.0602. The molecule has 0 aliphatic heterocycles. The molecule has 1 aromatic rings. The quantitative estimate of drug-likeness (QED) is 0.700. The minimum Gasteiger partial charge on any atom is -0.507 e. The van der Waals surface area contributed by atoms with Crippen LogP contribution in [0.5, 0.6) is 11.5 Å². The van der Waals surface area contributed by atoms with Crippen LogP contribution >= 0.6 is 0 Å². The first-order valence-corrected chi connectivity index (χ1v) is 6.78. The number of methoxy groups -OCH3 is 3. The van der Waals surface area contributed by atoms with Crippen molar-refractivity contribution in [2.24, 2.45) is 0 Å². The van der Waals surface area contributed by atoms with Gasteiger partial charge >= 0.3 is 0 Å². The van der Waals surface area contributed by atoms with Gasteiger partial charge in [-0.2, -0.15) is 0 Å². The number of nitrogens with zero attached hydrogens (tertiary/aromatic N) is 1. The van der Waals surface area contributed by atoms with Crippen LogP contribution in [0.3, 0.4) is 0 Å². The Kier molecular flexibility index (Phi) is 7.56. The fraction of sp³-hybridized carbons (Fsp3) is 0.533. The smallest absolute Gasteiger partial charge is 0.257 e. The number of amides is 1. The molecule has 6 nitrogen and oxygen atoms in total. The SMILES string of the molecule is COCCCN(CCOC)C(=O)c1cc(OC)ccc1O. The second-order valence-corrected chi connectivity index (χ2v) is 4.51. The standard InChI is InChI=1S/C15H23NO5/c1-19-9-4-7-16(8-10-20-2)15(18)13-11-12(21-3)5-6-14(13)17/h5-6,11,17H,4,7-10H2,1-3H3. The first kappa shape index (κ1) is 17.3. The summed E-state index contributed by atoms with van der Waals surface area (Å²) in [6.45, 7) is 1.99. The molecule has 0 unspecified atom stereocenters. The maximum absolute atomic E-state index is 12.5. The molecule has 0 heterocycles. The van der Waals surface area contributed by atoms with Gasteiger partial charge in [0.25, 0.3) is 5.91 Å². The lowest BCUT2D eigenvalue weighted by atomic mass is 10.1. The Balaban J connectivity index is 2.87. The van der Waals surface area contributed by atoms with Crippen molar-refractivity contribution in [3.8, 4) is 11.5 Å². The highest BCUT2D eigenvalue weighted by Gasteiger charge is 2.19. The lowest BCUT2D eigenvalue weighted by Gasteiger charge is -2.23. The van der Waals surface area contributed by atoms with Gasteiger partial charge in [-0.25, -0.2) is 0 Å². The van der Waals surface area contributed by atoms with Crippen molar-refractivity contribution in [2.45, 2.75) is 6.42 Å². The Labute approximate surface area is 125 Å². The van der Waals surface area contributed by atoms with Crippen LogP contribution in [0.2, 0.25) is 0 Å². The molecule has 0 aliphatic rings. The maximum atomic E-state index is 12.5. The summed E-state index contributed by atoms with van der Waals surface area (Å²) in [6, 6.07) is 4.60. The zero-order chi connectivity index (χ0) is 15.7. The van der Waals surface area contributed by atoms with E-state index in [9.17, 15) is 9.90 Å². The van der Waals surface area contributed by atoms with E-state index in [0.717, 1.165) is 6.42 Å². The molecule has 0 saturated heterocycles. The van der Waals surface area contributed by atoms with Gasteiger partial charge in [-0.05, 0) is 24.6 Å². The normalized spacial score (nSPS) is 10.4. The number of aromatic hydroxyl groups is 1. The number of carbonyl (C=O) groups excluding carboxylic acids is 1. The molecule has 0 spiro atoms. The molecular weight excluding hydrogens is 274 g/mol. The van der Waals surface area contributed by atoms with Gasteiger partial charge in [0.2, 0.25) is 0 Å². The predicted octanol–water partition coefficient (Wildman–Crippen LogP) is 1.53. The van der Waals surface area contributed by atoms with E-state index in [1.807, 2.05) is 0 Å². The zero-order valence-corrected chi connectivity index (χ0v) is 12.8. The lowest BCUT2D eigenvalue weighted by Crippen LogP contribution is -2.35. The van der Waals surface area contributed by atoms with E-state index in [4.69, 9.17) is 14.2 Å². The number of phenolic OH excluding ortho intramolecular Hbond substituents is 1. The van der Waals surface area contributed by atoms with Crippen LogP contribution in [-0.2, 0) is 9.47 Å². The predicted molar refractivity (Wildman–Crippen MR) is 78.9 cm³/mol. The maximum Gasteiger partial charge on any atom is 0.257 e. The number of phenols is 1. The molecule has 0 radical (unpaired) electrons. The summed E-state index contributed by atoms with van der Waals surface area (Å²) in [5.41, 5.74) is 0.225. The second-order valence-electron chi connectivity index (χ2n) is 4.51. The molecule has 0 fully saturated rings. The highest BCUT2D eigenvalue weighted by Crippen LogP contribution is 2.24. The summed E-state index contributed by atoms with van der Waals surface area (Å²) in [7, 11) is 4.72. The van der Waals surface area contributed by atoms with Gasteiger partial charge in [-0.1, -0.05) is 0 Å². The summed E-state index contributed by atoms with van der Waals surface area (Å²) in [5.74, 6) is 0.217. The Hall–Kier alpha value is -1.79. The van der Waals surface area contributed by atoms with Gasteiger partial charge in [0.1, 0.15) is 11.5 Å². The van der Waals surface area contributed by atoms with Gasteiger partial charge < -0.3 is 24.2 Å². The van der Waals surface area contributed by atoms with Crippen LogP contribution in [0.4, 0.5) is 0 Å². The Morgan fingerprint density at radius 3 is 2.48 bits per heavy atom. The average molecular weight is 297 g/mol. The van der Waals surface area contributed by atoms with Crippen LogP contribution < -0.4 is 4.74 Å². The number of ether oxygens (including phenoxy) is 3. The molecule has 0 saturated carbocycles. The number of benzene rings is 1. The summed E-state index contributed by atoms with van der Waals surface area (Å²) in [6.07, 6.45) is 0.719. The van der Waals surface area contributed by atoms with Crippen LogP contribution in [0, 0.1) is 0 Å². The molecule has 1 rings (SSSR count). The van der Waals surface area contributed by atoms with Crippen molar-refractivity contribution >= 4 is 5.91 Å². The van der Waals surface area contributed by atoms with E-state index in [0.29, 0.717) is 32.1 Å². The summed E-state index contributed by atoms with van der Waals surface area (Å²) < 4.78 is 15.1. The van der Waals surface area contributed by atoms with Crippen LogP contribution in [0.15, 0.2) is 18.2 Å². The van der Waals surface area contributed by atoms with Crippen molar-refractivity contribution in [3.63, 3.8) is 0 Å². The van der Waals surface area contributed by atoms with Crippen LogP contribution in [0.1, 0.15) is 16.8 Å². The van der Waals surface area contributed by atoms with E-state index in [1.54, 1.807) is 25.2 Å². The number of rotatable bonds is 9. The topological polar surface area (TPSA) is 68.2 Å². The fourth-order valence-corrected chi connectivity index (χ4v) is 1.90. The van der Waals surface area contributed by atoms with Gasteiger partial charge in [-0.3, -0.25) is 4.79 Å². The van der Waals surface area contributed by atoms with Gasteiger partial charge in [0, 0.05) is 33.9 Å². The van der Waals surface area contributed by atoms with E-state index in [-0.39, 0.29) is 17.2 Å². The molecule has 0 aromatic heterocycles. The van der Waals surface area contributed by atoms with Crippen molar-refractivity contribution < 1.29 is 24.1 Å². The highest BCUT2D eigenvalue weighted by atomic mass is 16.5. The Morgan fingerprint density at radius 2 is 1.86 bits per heavy atom. The third kappa shape index (κ3) is 5.24. The molecule has 118 valence electrons. The summed E-state index contributed by atoms with van der Waals surface area (Å²) in [5, 5.41) is 9.89. The van der Waals surface area contributed by atoms with Crippen molar-refractivity contribution in [1.82, 2.24) is 4.90 Å². The van der Waals surface area contributed by atoms with E-state index in [2.05, 4.69) is 0 Å². The van der Waals surface area contributed by atoms with Gasteiger partial charge in [0.05, 0.1) is 19.3 Å². The fourth-order valence-electron chi connectivity index (χ4n) is 1.90.